The fourth-order valence-electron chi connectivity index (χ4n) is 0.837. The van der Waals surface area contributed by atoms with Crippen molar-refractivity contribution in [3.63, 3.8) is 0 Å². The number of carbonyl (C=O) groups is 1. The monoisotopic (exact) mass is 174 g/mol. The van der Waals surface area contributed by atoms with Crippen molar-refractivity contribution in [2.75, 3.05) is 5.73 Å². The van der Waals surface area contributed by atoms with Crippen LogP contribution < -0.4 is 11.5 Å². The molecule has 3 heteroatoms. The average Bonchev–Trinajstić information content (AvgIpc) is 2.08. The molecule has 0 unspecified atom stereocenters. The molecule has 0 bridgehead atoms. The van der Waals surface area contributed by atoms with E-state index in [2.05, 4.69) is 11.8 Å². The van der Waals surface area contributed by atoms with Gasteiger partial charge in [-0.25, -0.2) is 0 Å². The van der Waals surface area contributed by atoms with E-state index in [1.54, 1.807) is 12.1 Å². The number of hydrogen-bond donors (Lipinski definition) is 2. The maximum absolute atomic E-state index is 10.4. The lowest BCUT2D eigenvalue weighted by molar-refractivity contribution is -0.117. The van der Waals surface area contributed by atoms with Gasteiger partial charge >= 0.3 is 0 Å². The largest absolute Gasteiger partial charge is 0.398 e. The van der Waals surface area contributed by atoms with Crippen LogP contribution in [0, 0.1) is 11.8 Å². The molecule has 0 aromatic heterocycles. The van der Waals surface area contributed by atoms with Gasteiger partial charge in [-0.15, -0.1) is 0 Å². The van der Waals surface area contributed by atoms with Gasteiger partial charge in [-0.05, 0) is 12.1 Å². The molecule has 4 N–H and O–H groups in total. The summed E-state index contributed by atoms with van der Waals surface area (Å²) in [5, 5.41) is 0. The number of primary amides is 1. The van der Waals surface area contributed by atoms with Gasteiger partial charge in [0.1, 0.15) is 0 Å². The fraction of sp³-hybridized carbons (Fsp3) is 0.100. The number of nitrogens with two attached hydrogens (primary N) is 2. The lowest BCUT2D eigenvalue weighted by atomic mass is 10.2. The number of benzene rings is 1. The SMILES string of the molecule is NC(=O)CC#Cc1ccccc1N. The zero-order valence-electron chi connectivity index (χ0n) is 7.08. The maximum Gasteiger partial charge on any atom is 0.229 e. The first-order valence-electron chi connectivity index (χ1n) is 3.82. The van der Waals surface area contributed by atoms with Crippen LogP contribution in [0.15, 0.2) is 24.3 Å². The van der Waals surface area contributed by atoms with Gasteiger partial charge in [-0.1, -0.05) is 24.0 Å². The van der Waals surface area contributed by atoms with Crippen LogP contribution in [0.4, 0.5) is 5.69 Å². The van der Waals surface area contributed by atoms with Gasteiger partial charge in [-0.3, -0.25) is 4.79 Å². The molecular formula is C10H10N2O. The Morgan fingerprint density at radius 2 is 2.08 bits per heavy atom. The van der Waals surface area contributed by atoms with Crippen LogP contribution in [0.25, 0.3) is 0 Å². The molecule has 0 heterocycles. The topological polar surface area (TPSA) is 69.1 Å². The molecular weight excluding hydrogens is 164 g/mol. The van der Waals surface area contributed by atoms with Crippen molar-refractivity contribution in [2.45, 2.75) is 6.42 Å². The zero-order chi connectivity index (χ0) is 9.68. The van der Waals surface area contributed by atoms with Crippen molar-refractivity contribution in [3.8, 4) is 11.8 Å². The van der Waals surface area contributed by atoms with Crippen LogP contribution in [0.2, 0.25) is 0 Å². The van der Waals surface area contributed by atoms with Crippen LogP contribution >= 0.6 is 0 Å². The van der Waals surface area contributed by atoms with Crippen molar-refractivity contribution in [1.82, 2.24) is 0 Å². The summed E-state index contributed by atoms with van der Waals surface area (Å²) >= 11 is 0. The second-order valence-electron chi connectivity index (χ2n) is 2.53. The number of amides is 1. The zero-order valence-corrected chi connectivity index (χ0v) is 7.08. The summed E-state index contributed by atoms with van der Waals surface area (Å²) in [5.74, 6) is 4.98. The molecule has 1 aromatic rings. The molecule has 0 spiro atoms. The Bertz CT molecular complexity index is 374. The minimum absolute atomic E-state index is 0.0638. The van der Waals surface area contributed by atoms with E-state index in [1.165, 1.54) is 0 Å². The van der Waals surface area contributed by atoms with E-state index in [4.69, 9.17) is 11.5 Å². The summed E-state index contributed by atoms with van der Waals surface area (Å²) in [7, 11) is 0. The molecule has 0 aliphatic rings. The smallest absolute Gasteiger partial charge is 0.229 e. The first kappa shape index (κ1) is 9.14. The third-order valence-electron chi connectivity index (χ3n) is 1.45. The quantitative estimate of drug-likeness (QED) is 0.480. The van der Waals surface area contributed by atoms with E-state index >= 15 is 0 Å². The highest BCUT2D eigenvalue weighted by atomic mass is 16.1. The molecule has 13 heavy (non-hydrogen) atoms. The van der Waals surface area contributed by atoms with Crippen LogP contribution in [0.5, 0.6) is 0 Å². The lowest BCUT2D eigenvalue weighted by Crippen LogP contribution is -2.08. The molecule has 1 aromatic carbocycles. The average molecular weight is 174 g/mol. The van der Waals surface area contributed by atoms with Crippen LogP contribution in [-0.2, 0) is 4.79 Å². The van der Waals surface area contributed by atoms with Gasteiger partial charge in [0.05, 0.1) is 6.42 Å². The molecule has 0 saturated carbocycles. The standard InChI is InChI=1S/C10H10N2O/c11-9-6-2-1-4-8(9)5-3-7-10(12)13/h1-2,4,6H,7,11H2,(H2,12,13). The van der Waals surface area contributed by atoms with Crippen LogP contribution in [0.3, 0.4) is 0 Å². The van der Waals surface area contributed by atoms with Crippen molar-refractivity contribution in [3.05, 3.63) is 29.8 Å². The highest BCUT2D eigenvalue weighted by Gasteiger charge is 1.91. The second-order valence-corrected chi connectivity index (χ2v) is 2.53. The summed E-state index contributed by atoms with van der Waals surface area (Å²) in [4.78, 5) is 10.4. The van der Waals surface area contributed by atoms with Gasteiger partial charge in [0.2, 0.25) is 5.91 Å². The molecule has 66 valence electrons. The molecule has 1 amide bonds. The summed E-state index contributed by atoms with van der Waals surface area (Å²) in [6.45, 7) is 0. The number of nitrogen functional groups attached to an aromatic ring is 1. The van der Waals surface area contributed by atoms with E-state index in [9.17, 15) is 4.79 Å². The molecule has 0 aliphatic carbocycles. The number of carbonyl (C=O) groups excluding carboxylic acids is 1. The molecule has 0 radical (unpaired) electrons. The van der Waals surface area contributed by atoms with E-state index < -0.39 is 5.91 Å². The van der Waals surface area contributed by atoms with E-state index in [1.807, 2.05) is 12.1 Å². The molecule has 0 aliphatic heterocycles. The van der Waals surface area contributed by atoms with Crippen molar-refractivity contribution < 1.29 is 4.79 Å². The highest BCUT2D eigenvalue weighted by Crippen LogP contribution is 2.07. The molecule has 1 rings (SSSR count). The normalized spacial score (nSPS) is 8.62. The third-order valence-corrected chi connectivity index (χ3v) is 1.45. The fourth-order valence-corrected chi connectivity index (χ4v) is 0.837. The summed E-state index contributed by atoms with van der Waals surface area (Å²) in [5.41, 5.74) is 11.9. The number of para-hydroxylation sites is 1. The van der Waals surface area contributed by atoms with Gasteiger partial charge in [-0.2, -0.15) is 0 Å². The molecule has 0 atom stereocenters. The van der Waals surface area contributed by atoms with E-state index in [0.29, 0.717) is 5.69 Å². The van der Waals surface area contributed by atoms with Gasteiger partial charge < -0.3 is 11.5 Å². The van der Waals surface area contributed by atoms with Gasteiger partial charge in [0.15, 0.2) is 0 Å². The highest BCUT2D eigenvalue weighted by molar-refractivity contribution is 5.76. The summed E-state index contributed by atoms with van der Waals surface area (Å²) in [6, 6.07) is 7.22. The Kier molecular flexibility index (Phi) is 2.93. The van der Waals surface area contributed by atoms with Gasteiger partial charge in [0, 0.05) is 11.3 Å². The Balaban J connectivity index is 2.77. The van der Waals surface area contributed by atoms with E-state index in [-0.39, 0.29) is 6.42 Å². The van der Waals surface area contributed by atoms with Crippen molar-refractivity contribution in [1.29, 1.82) is 0 Å². The second kappa shape index (κ2) is 4.17. The lowest BCUT2D eigenvalue weighted by Gasteiger charge is -1.94. The Hall–Kier alpha value is -1.95. The van der Waals surface area contributed by atoms with E-state index in [0.717, 1.165) is 5.56 Å². The third kappa shape index (κ3) is 2.88. The van der Waals surface area contributed by atoms with Gasteiger partial charge in [0.25, 0.3) is 0 Å². The number of hydrogen-bond acceptors (Lipinski definition) is 2. The number of anilines is 1. The van der Waals surface area contributed by atoms with Crippen LogP contribution in [-0.4, -0.2) is 5.91 Å². The molecule has 0 saturated heterocycles. The van der Waals surface area contributed by atoms with Crippen LogP contribution in [0.1, 0.15) is 12.0 Å². The Morgan fingerprint density at radius 1 is 1.38 bits per heavy atom. The Morgan fingerprint density at radius 3 is 2.69 bits per heavy atom. The summed E-state index contributed by atoms with van der Waals surface area (Å²) < 4.78 is 0. The minimum atomic E-state index is -0.429. The first-order chi connectivity index (χ1) is 6.20. The predicted octanol–water partition coefficient (Wildman–Crippen LogP) is 0.496. The molecule has 3 nitrogen and oxygen atoms in total. The predicted molar refractivity (Wildman–Crippen MR) is 51.5 cm³/mol. The minimum Gasteiger partial charge on any atom is -0.398 e. The Labute approximate surface area is 76.7 Å². The van der Waals surface area contributed by atoms with Crippen molar-refractivity contribution >= 4 is 11.6 Å². The molecule has 0 fully saturated rings. The van der Waals surface area contributed by atoms with Crippen molar-refractivity contribution in [2.24, 2.45) is 5.73 Å². The number of rotatable bonds is 1. The summed E-state index contributed by atoms with van der Waals surface area (Å²) in [6.07, 6.45) is 0.0638. The first-order valence-corrected chi connectivity index (χ1v) is 3.82. The maximum atomic E-state index is 10.4.